The van der Waals surface area contributed by atoms with Crippen molar-refractivity contribution in [2.24, 2.45) is 0 Å². The predicted molar refractivity (Wildman–Crippen MR) is 89.8 cm³/mol. The minimum absolute atomic E-state index is 0.0932. The molecule has 0 spiro atoms. The summed E-state index contributed by atoms with van der Waals surface area (Å²) in [6.45, 7) is 4.82. The van der Waals surface area contributed by atoms with Gasteiger partial charge in [0.2, 0.25) is 5.91 Å². The minimum Gasteiger partial charge on any atom is -0.355 e. The number of nitrogens with one attached hydrogen (secondary N) is 1. The molecule has 0 fully saturated rings. The normalized spacial score (nSPS) is 10.4. The Kier molecular flexibility index (Phi) is 5.88. The van der Waals surface area contributed by atoms with Gasteiger partial charge in [0.15, 0.2) is 0 Å². The lowest BCUT2D eigenvalue weighted by Gasteiger charge is -2.08. The molecular formula is C18H21NOS. The number of amides is 1. The maximum atomic E-state index is 11.9. The maximum Gasteiger partial charge on any atom is 0.224 e. The Morgan fingerprint density at radius 3 is 2.57 bits per heavy atom. The van der Waals surface area contributed by atoms with Crippen molar-refractivity contribution in [2.45, 2.75) is 25.2 Å². The van der Waals surface area contributed by atoms with E-state index in [2.05, 4.69) is 43.4 Å². The molecule has 0 atom stereocenters. The van der Waals surface area contributed by atoms with Crippen LogP contribution in [-0.4, -0.2) is 18.2 Å². The summed E-state index contributed by atoms with van der Waals surface area (Å²) in [6, 6.07) is 16.5. The van der Waals surface area contributed by atoms with E-state index in [1.807, 2.05) is 24.3 Å². The fourth-order valence-electron chi connectivity index (χ4n) is 2.16. The van der Waals surface area contributed by atoms with Crippen LogP contribution in [0, 0.1) is 13.8 Å². The van der Waals surface area contributed by atoms with E-state index in [0.29, 0.717) is 13.0 Å². The van der Waals surface area contributed by atoms with Crippen molar-refractivity contribution in [1.82, 2.24) is 5.32 Å². The molecule has 1 N–H and O–H groups in total. The first-order valence-electron chi connectivity index (χ1n) is 7.16. The van der Waals surface area contributed by atoms with E-state index < -0.39 is 0 Å². The molecule has 0 aromatic heterocycles. The lowest BCUT2D eigenvalue weighted by Crippen LogP contribution is -2.27. The Labute approximate surface area is 131 Å². The molecule has 0 aliphatic carbocycles. The molecule has 3 heteroatoms. The first-order valence-corrected chi connectivity index (χ1v) is 8.14. The summed E-state index contributed by atoms with van der Waals surface area (Å²) >= 11 is 1.76. The molecule has 1 amide bonds. The highest BCUT2D eigenvalue weighted by Crippen LogP contribution is 2.16. The number of rotatable bonds is 6. The Balaban J connectivity index is 1.72. The molecule has 2 rings (SSSR count). The van der Waals surface area contributed by atoms with Gasteiger partial charge in [0.1, 0.15) is 0 Å². The molecular weight excluding hydrogens is 278 g/mol. The van der Waals surface area contributed by atoms with Crippen molar-refractivity contribution in [3.05, 3.63) is 65.2 Å². The number of thioether (sulfide) groups is 1. The van der Waals surface area contributed by atoms with Crippen LogP contribution < -0.4 is 5.32 Å². The van der Waals surface area contributed by atoms with Gasteiger partial charge < -0.3 is 5.32 Å². The van der Waals surface area contributed by atoms with Crippen LogP contribution in [0.2, 0.25) is 0 Å². The highest BCUT2D eigenvalue weighted by atomic mass is 32.2. The molecule has 21 heavy (non-hydrogen) atoms. The molecule has 0 saturated carbocycles. The average Bonchev–Trinajstić information content (AvgIpc) is 2.48. The Morgan fingerprint density at radius 2 is 1.86 bits per heavy atom. The molecule has 0 saturated heterocycles. The van der Waals surface area contributed by atoms with Gasteiger partial charge in [-0.15, -0.1) is 11.8 Å². The quantitative estimate of drug-likeness (QED) is 0.650. The molecule has 0 radical (unpaired) electrons. The zero-order valence-corrected chi connectivity index (χ0v) is 13.4. The number of hydrogen-bond acceptors (Lipinski definition) is 2. The van der Waals surface area contributed by atoms with Crippen molar-refractivity contribution in [2.75, 3.05) is 12.3 Å². The molecule has 2 nitrogen and oxygen atoms in total. The number of carbonyl (C=O) groups excluding carboxylic acids is 1. The van der Waals surface area contributed by atoms with Crippen molar-refractivity contribution < 1.29 is 4.79 Å². The summed E-state index contributed by atoms with van der Waals surface area (Å²) in [5.41, 5.74) is 3.52. The van der Waals surface area contributed by atoms with E-state index in [1.54, 1.807) is 11.8 Å². The topological polar surface area (TPSA) is 29.1 Å². The van der Waals surface area contributed by atoms with E-state index in [1.165, 1.54) is 16.0 Å². The summed E-state index contributed by atoms with van der Waals surface area (Å²) in [5, 5.41) is 2.98. The molecule has 0 heterocycles. The molecule has 110 valence electrons. The second kappa shape index (κ2) is 7.89. The Morgan fingerprint density at radius 1 is 1.10 bits per heavy atom. The van der Waals surface area contributed by atoms with Gasteiger partial charge in [-0.3, -0.25) is 4.79 Å². The van der Waals surface area contributed by atoms with E-state index in [0.717, 1.165) is 11.3 Å². The van der Waals surface area contributed by atoms with E-state index in [4.69, 9.17) is 0 Å². The van der Waals surface area contributed by atoms with Crippen LogP contribution in [0.15, 0.2) is 53.4 Å². The predicted octanol–water partition coefficient (Wildman–Crippen LogP) is 3.75. The monoisotopic (exact) mass is 299 g/mol. The second-order valence-corrected chi connectivity index (χ2v) is 6.29. The van der Waals surface area contributed by atoms with Crippen LogP contribution in [0.4, 0.5) is 0 Å². The molecule has 0 aliphatic rings. The highest BCUT2D eigenvalue weighted by molar-refractivity contribution is 7.99. The van der Waals surface area contributed by atoms with Crippen LogP contribution in [0.3, 0.4) is 0 Å². The SMILES string of the molecule is Cc1ccc(CC(=O)NCCSc2ccccc2)c(C)c1. The van der Waals surface area contributed by atoms with Gasteiger partial charge >= 0.3 is 0 Å². The lowest BCUT2D eigenvalue weighted by atomic mass is 10.0. The van der Waals surface area contributed by atoms with Gasteiger partial charge in [-0.05, 0) is 37.1 Å². The summed E-state index contributed by atoms with van der Waals surface area (Å²) in [6.07, 6.45) is 0.460. The smallest absolute Gasteiger partial charge is 0.224 e. The van der Waals surface area contributed by atoms with E-state index in [-0.39, 0.29) is 5.91 Å². The minimum atomic E-state index is 0.0932. The molecule has 0 unspecified atom stereocenters. The van der Waals surface area contributed by atoms with Crippen LogP contribution in [0.5, 0.6) is 0 Å². The number of benzene rings is 2. The van der Waals surface area contributed by atoms with Gasteiger partial charge in [0, 0.05) is 17.2 Å². The lowest BCUT2D eigenvalue weighted by molar-refractivity contribution is -0.120. The van der Waals surface area contributed by atoms with Crippen molar-refractivity contribution in [3.8, 4) is 0 Å². The highest BCUT2D eigenvalue weighted by Gasteiger charge is 2.05. The summed E-state index contributed by atoms with van der Waals surface area (Å²) in [5.74, 6) is 0.985. The average molecular weight is 299 g/mol. The summed E-state index contributed by atoms with van der Waals surface area (Å²) in [4.78, 5) is 13.2. The van der Waals surface area contributed by atoms with Crippen molar-refractivity contribution in [1.29, 1.82) is 0 Å². The van der Waals surface area contributed by atoms with Gasteiger partial charge in [-0.1, -0.05) is 42.0 Å². The van der Waals surface area contributed by atoms with Crippen LogP contribution >= 0.6 is 11.8 Å². The van der Waals surface area contributed by atoms with Gasteiger partial charge in [-0.2, -0.15) is 0 Å². The fraction of sp³-hybridized carbons (Fsp3) is 0.278. The molecule has 0 aliphatic heterocycles. The fourth-order valence-corrected chi connectivity index (χ4v) is 2.95. The molecule has 0 bridgehead atoms. The Hall–Kier alpha value is -1.74. The first kappa shape index (κ1) is 15.6. The molecule has 2 aromatic rings. The van der Waals surface area contributed by atoms with Crippen LogP contribution in [-0.2, 0) is 11.2 Å². The zero-order valence-electron chi connectivity index (χ0n) is 12.6. The largest absolute Gasteiger partial charge is 0.355 e. The summed E-state index contributed by atoms with van der Waals surface area (Å²) in [7, 11) is 0. The number of aryl methyl sites for hydroxylation is 2. The maximum absolute atomic E-state index is 11.9. The third-order valence-electron chi connectivity index (χ3n) is 3.29. The zero-order chi connectivity index (χ0) is 15.1. The van der Waals surface area contributed by atoms with Gasteiger partial charge in [-0.25, -0.2) is 0 Å². The van der Waals surface area contributed by atoms with Crippen LogP contribution in [0.25, 0.3) is 0 Å². The summed E-state index contributed by atoms with van der Waals surface area (Å²) < 4.78 is 0. The van der Waals surface area contributed by atoms with Crippen molar-refractivity contribution in [3.63, 3.8) is 0 Å². The van der Waals surface area contributed by atoms with E-state index in [9.17, 15) is 4.79 Å². The number of hydrogen-bond donors (Lipinski definition) is 1. The van der Waals surface area contributed by atoms with Gasteiger partial charge in [0.25, 0.3) is 0 Å². The Bertz CT molecular complexity index is 595. The first-order chi connectivity index (χ1) is 10.1. The third kappa shape index (κ3) is 5.27. The third-order valence-corrected chi connectivity index (χ3v) is 4.30. The number of carbonyl (C=O) groups is 1. The van der Waals surface area contributed by atoms with Crippen molar-refractivity contribution >= 4 is 17.7 Å². The van der Waals surface area contributed by atoms with E-state index >= 15 is 0 Å². The molecule has 2 aromatic carbocycles. The van der Waals surface area contributed by atoms with Gasteiger partial charge in [0.05, 0.1) is 6.42 Å². The second-order valence-electron chi connectivity index (χ2n) is 5.12. The standard InChI is InChI=1S/C18H21NOS/c1-14-8-9-16(15(2)12-14)13-18(20)19-10-11-21-17-6-4-3-5-7-17/h3-9,12H,10-11,13H2,1-2H3,(H,19,20). The van der Waals surface area contributed by atoms with Crippen LogP contribution in [0.1, 0.15) is 16.7 Å².